The van der Waals surface area contributed by atoms with Crippen LogP contribution in [0.15, 0.2) is 6.20 Å². The topological polar surface area (TPSA) is 92.5 Å². The number of fused-ring (bicyclic) bond motifs is 1. The molecule has 0 radical (unpaired) electrons. The second-order valence-electron chi connectivity index (χ2n) is 4.10. The largest absolute Gasteiger partial charge is 0.476 e. The Morgan fingerprint density at radius 3 is 2.88 bits per heavy atom. The van der Waals surface area contributed by atoms with Crippen molar-refractivity contribution in [3.63, 3.8) is 0 Å². The van der Waals surface area contributed by atoms with E-state index in [1.165, 1.54) is 6.20 Å². The molecular formula is C10H12N4O3. The van der Waals surface area contributed by atoms with E-state index in [0.717, 1.165) is 31.9 Å². The molecule has 1 saturated heterocycles. The van der Waals surface area contributed by atoms with Crippen molar-refractivity contribution in [2.75, 3.05) is 13.2 Å². The maximum Gasteiger partial charge on any atom is 0.356 e. The van der Waals surface area contributed by atoms with E-state index < -0.39 is 5.97 Å². The Morgan fingerprint density at radius 1 is 1.47 bits per heavy atom. The summed E-state index contributed by atoms with van der Waals surface area (Å²) in [6.07, 6.45) is 3.30. The van der Waals surface area contributed by atoms with E-state index in [1.807, 2.05) is 0 Å². The summed E-state index contributed by atoms with van der Waals surface area (Å²) in [6.45, 7) is 1.49. The lowest BCUT2D eigenvalue weighted by molar-refractivity contribution is 0.0691. The van der Waals surface area contributed by atoms with Gasteiger partial charge >= 0.3 is 5.97 Å². The first kappa shape index (κ1) is 10.3. The van der Waals surface area contributed by atoms with Gasteiger partial charge in [0.25, 0.3) is 5.78 Å². The summed E-state index contributed by atoms with van der Waals surface area (Å²) in [4.78, 5) is 19.0. The molecule has 3 rings (SSSR count). The number of carbonyl (C=O) groups is 1. The summed E-state index contributed by atoms with van der Waals surface area (Å²) >= 11 is 0. The van der Waals surface area contributed by atoms with Gasteiger partial charge in [0, 0.05) is 19.1 Å². The van der Waals surface area contributed by atoms with Gasteiger partial charge in [0.1, 0.15) is 5.82 Å². The Balaban J connectivity index is 1.91. The molecule has 2 N–H and O–H groups in total. The molecule has 0 aliphatic carbocycles. The van der Waals surface area contributed by atoms with Crippen LogP contribution in [0, 0.1) is 0 Å². The van der Waals surface area contributed by atoms with E-state index in [2.05, 4.69) is 15.1 Å². The minimum atomic E-state index is -1.04. The SMILES string of the molecule is O=C(O)c1cn2[nH]c(C3CCOCC3)nc2n1. The lowest BCUT2D eigenvalue weighted by atomic mass is 10.00. The van der Waals surface area contributed by atoms with Gasteiger partial charge < -0.3 is 9.84 Å². The lowest BCUT2D eigenvalue weighted by Crippen LogP contribution is -2.15. The monoisotopic (exact) mass is 236 g/mol. The molecule has 0 atom stereocenters. The van der Waals surface area contributed by atoms with E-state index in [0.29, 0.717) is 11.7 Å². The first-order chi connectivity index (χ1) is 8.24. The average Bonchev–Trinajstić information content (AvgIpc) is 2.87. The highest BCUT2D eigenvalue weighted by molar-refractivity contribution is 5.85. The number of carboxylic acids is 1. The van der Waals surface area contributed by atoms with Crippen LogP contribution < -0.4 is 0 Å². The molecule has 0 aromatic carbocycles. The first-order valence-corrected chi connectivity index (χ1v) is 5.50. The third kappa shape index (κ3) is 1.78. The van der Waals surface area contributed by atoms with Gasteiger partial charge in [-0.2, -0.15) is 4.98 Å². The van der Waals surface area contributed by atoms with Crippen molar-refractivity contribution in [3.8, 4) is 0 Å². The molecule has 1 fully saturated rings. The van der Waals surface area contributed by atoms with E-state index in [-0.39, 0.29) is 5.69 Å². The number of carboxylic acid groups (broad SMARTS) is 1. The Hall–Kier alpha value is -1.89. The number of imidazole rings is 1. The highest BCUT2D eigenvalue weighted by atomic mass is 16.5. The van der Waals surface area contributed by atoms with Crippen molar-refractivity contribution in [3.05, 3.63) is 17.7 Å². The molecule has 1 aliphatic rings. The van der Waals surface area contributed by atoms with E-state index in [4.69, 9.17) is 9.84 Å². The number of hydrogen-bond donors (Lipinski definition) is 2. The molecule has 7 heteroatoms. The van der Waals surface area contributed by atoms with Crippen molar-refractivity contribution in [2.24, 2.45) is 0 Å². The van der Waals surface area contributed by atoms with Gasteiger partial charge in [-0.1, -0.05) is 0 Å². The summed E-state index contributed by atoms with van der Waals surface area (Å²) in [5.74, 6) is 0.562. The maximum absolute atomic E-state index is 10.7. The number of rotatable bonds is 2. The van der Waals surface area contributed by atoms with Crippen LogP contribution in [-0.2, 0) is 4.74 Å². The van der Waals surface area contributed by atoms with Crippen LogP contribution in [0.3, 0.4) is 0 Å². The van der Waals surface area contributed by atoms with Crippen LogP contribution in [-0.4, -0.2) is 43.9 Å². The van der Waals surface area contributed by atoms with E-state index in [1.54, 1.807) is 4.52 Å². The number of nitrogens with zero attached hydrogens (tertiary/aromatic N) is 3. The van der Waals surface area contributed by atoms with Crippen LogP contribution in [0.25, 0.3) is 5.78 Å². The summed E-state index contributed by atoms with van der Waals surface area (Å²) in [5.41, 5.74) is 0.00211. The zero-order valence-electron chi connectivity index (χ0n) is 9.09. The molecule has 0 saturated carbocycles. The smallest absolute Gasteiger partial charge is 0.356 e. The van der Waals surface area contributed by atoms with Gasteiger partial charge in [0.15, 0.2) is 5.69 Å². The Bertz CT molecular complexity index is 521. The van der Waals surface area contributed by atoms with Crippen LogP contribution in [0.1, 0.15) is 35.1 Å². The number of H-pyrrole nitrogens is 1. The van der Waals surface area contributed by atoms with Crippen LogP contribution in [0.2, 0.25) is 0 Å². The van der Waals surface area contributed by atoms with Gasteiger partial charge in [-0.3, -0.25) is 5.10 Å². The normalized spacial score (nSPS) is 17.6. The Morgan fingerprint density at radius 2 is 2.24 bits per heavy atom. The van der Waals surface area contributed by atoms with Gasteiger partial charge in [-0.15, -0.1) is 0 Å². The lowest BCUT2D eigenvalue weighted by Gasteiger charge is -2.19. The zero-order valence-corrected chi connectivity index (χ0v) is 9.09. The summed E-state index contributed by atoms with van der Waals surface area (Å²) < 4.78 is 6.84. The maximum atomic E-state index is 10.7. The highest BCUT2D eigenvalue weighted by Crippen LogP contribution is 2.24. The summed E-state index contributed by atoms with van der Waals surface area (Å²) in [5, 5.41) is 11.9. The molecular weight excluding hydrogens is 224 g/mol. The summed E-state index contributed by atoms with van der Waals surface area (Å²) in [7, 11) is 0. The molecule has 17 heavy (non-hydrogen) atoms. The predicted octanol–water partition coefficient (Wildman–Crippen LogP) is 0.650. The predicted molar refractivity (Wildman–Crippen MR) is 57.1 cm³/mol. The standard InChI is InChI=1S/C10H12N4O3/c15-9(16)7-5-14-10(11-7)12-8(13-14)6-1-3-17-4-2-6/h5-6H,1-4H2,(H,15,16)(H,11,12,13). The Kier molecular flexibility index (Phi) is 2.32. The average molecular weight is 236 g/mol. The number of hydrogen-bond acceptors (Lipinski definition) is 4. The van der Waals surface area contributed by atoms with Crippen molar-refractivity contribution in [1.82, 2.24) is 19.6 Å². The third-order valence-corrected chi connectivity index (χ3v) is 2.97. The molecule has 0 amide bonds. The van der Waals surface area contributed by atoms with Crippen molar-refractivity contribution < 1.29 is 14.6 Å². The number of aromatic amines is 1. The molecule has 90 valence electrons. The third-order valence-electron chi connectivity index (χ3n) is 2.97. The molecule has 2 aromatic heterocycles. The first-order valence-electron chi connectivity index (χ1n) is 5.50. The van der Waals surface area contributed by atoms with Crippen molar-refractivity contribution in [2.45, 2.75) is 18.8 Å². The van der Waals surface area contributed by atoms with Crippen LogP contribution in [0.5, 0.6) is 0 Å². The number of aromatic nitrogens is 4. The van der Waals surface area contributed by atoms with Crippen molar-refractivity contribution >= 4 is 11.7 Å². The molecule has 2 aromatic rings. The fourth-order valence-electron chi connectivity index (χ4n) is 2.04. The fourth-order valence-corrected chi connectivity index (χ4v) is 2.04. The number of ether oxygens (including phenoxy) is 1. The van der Waals surface area contributed by atoms with Gasteiger partial charge in [0.2, 0.25) is 0 Å². The van der Waals surface area contributed by atoms with Crippen molar-refractivity contribution in [1.29, 1.82) is 0 Å². The quantitative estimate of drug-likeness (QED) is 0.798. The fraction of sp³-hybridized carbons (Fsp3) is 0.500. The van der Waals surface area contributed by atoms with Crippen LogP contribution >= 0.6 is 0 Å². The summed E-state index contributed by atoms with van der Waals surface area (Å²) in [6, 6.07) is 0. The van der Waals surface area contributed by atoms with Gasteiger partial charge in [0.05, 0.1) is 6.20 Å². The van der Waals surface area contributed by atoms with Crippen LogP contribution in [0.4, 0.5) is 0 Å². The molecule has 0 unspecified atom stereocenters. The molecule has 1 aliphatic heterocycles. The minimum Gasteiger partial charge on any atom is -0.476 e. The minimum absolute atomic E-state index is 0.00211. The van der Waals surface area contributed by atoms with E-state index in [9.17, 15) is 4.79 Å². The van der Waals surface area contributed by atoms with Gasteiger partial charge in [-0.25, -0.2) is 14.3 Å². The van der Waals surface area contributed by atoms with E-state index >= 15 is 0 Å². The van der Waals surface area contributed by atoms with Gasteiger partial charge in [-0.05, 0) is 12.8 Å². The molecule has 0 bridgehead atoms. The molecule has 7 nitrogen and oxygen atoms in total. The zero-order chi connectivity index (χ0) is 11.8. The second kappa shape index (κ2) is 3.85. The Labute approximate surface area is 96.4 Å². The number of nitrogens with one attached hydrogen (secondary N) is 1. The highest BCUT2D eigenvalue weighted by Gasteiger charge is 2.20. The molecule has 0 spiro atoms. The second-order valence-corrected chi connectivity index (χ2v) is 4.10. The molecule has 3 heterocycles. The number of aromatic carboxylic acids is 1.